The van der Waals surface area contributed by atoms with Crippen molar-refractivity contribution in [2.45, 2.75) is 63.9 Å². The molecule has 0 spiro atoms. The van der Waals surface area contributed by atoms with Crippen molar-refractivity contribution in [1.82, 2.24) is 0 Å². The summed E-state index contributed by atoms with van der Waals surface area (Å²) >= 11 is 0.127. The van der Waals surface area contributed by atoms with Crippen LogP contribution in [0.25, 0.3) is 0 Å². The summed E-state index contributed by atoms with van der Waals surface area (Å²) in [5.74, 6) is 0. The van der Waals surface area contributed by atoms with Gasteiger partial charge in [-0.1, -0.05) is 17.7 Å². The van der Waals surface area contributed by atoms with Crippen LogP contribution in [0, 0.1) is 20.8 Å². The van der Waals surface area contributed by atoms with E-state index in [0.717, 1.165) is 5.56 Å². The largest absolute Gasteiger partial charge is 0.744 e. The number of aryl methyl sites for hydroxylation is 3. The molecule has 0 radical (unpaired) electrons. The Hall–Kier alpha value is -0.560. The van der Waals surface area contributed by atoms with Crippen molar-refractivity contribution in [2.75, 3.05) is 0 Å². The van der Waals surface area contributed by atoms with Crippen LogP contribution >= 0.6 is 0 Å². The fourth-order valence-corrected chi connectivity index (χ4v) is 4.10. The first kappa shape index (κ1) is 20.4. The molecule has 0 amide bonds. The van der Waals surface area contributed by atoms with Gasteiger partial charge in [-0.05, 0) is 59.6 Å². The molecule has 0 aromatic heterocycles. The molecule has 1 rings (SSSR count). The Morgan fingerprint density at radius 3 is 1.52 bits per heavy atom. The Labute approximate surface area is 132 Å². The highest BCUT2D eigenvalue weighted by atomic mass is 32.2. The molecule has 21 heavy (non-hydrogen) atoms. The first-order valence-corrected chi connectivity index (χ1v) is 9.70. The van der Waals surface area contributed by atoms with Gasteiger partial charge in [0.15, 0.2) is 0 Å². The summed E-state index contributed by atoms with van der Waals surface area (Å²) in [6, 6.07) is 3.38. The molecule has 0 unspecified atom stereocenters. The molecular weight excluding hydrogens is 306 g/mol. The lowest BCUT2D eigenvalue weighted by atomic mass is 10.1. The van der Waals surface area contributed by atoms with E-state index in [9.17, 15) is 13.0 Å². The van der Waals surface area contributed by atoms with Gasteiger partial charge in [-0.2, -0.15) is 5.14 Å². The van der Waals surface area contributed by atoms with Gasteiger partial charge in [-0.15, -0.1) is 0 Å². The molecule has 0 aliphatic heterocycles. The molecule has 0 atom stereocenters. The highest BCUT2D eigenvalue weighted by Crippen LogP contribution is 2.20. The van der Waals surface area contributed by atoms with Crippen LogP contribution in [0.1, 0.15) is 44.4 Å². The van der Waals surface area contributed by atoms with Gasteiger partial charge >= 0.3 is 0 Å². The first-order valence-electron chi connectivity index (χ1n) is 6.88. The third kappa shape index (κ3) is 6.82. The van der Waals surface area contributed by atoms with Gasteiger partial charge in [0.05, 0.1) is 16.0 Å². The second-order valence-electron chi connectivity index (χ2n) is 5.69. The van der Waals surface area contributed by atoms with E-state index in [1.54, 1.807) is 26.0 Å². The predicted molar refractivity (Wildman–Crippen MR) is 90.4 cm³/mol. The summed E-state index contributed by atoms with van der Waals surface area (Å²) < 4.78 is 32.5. The van der Waals surface area contributed by atoms with E-state index in [4.69, 9.17) is 5.14 Å². The van der Waals surface area contributed by atoms with Crippen LogP contribution < -0.4 is 5.14 Å². The third-order valence-corrected chi connectivity index (χ3v) is 6.26. The van der Waals surface area contributed by atoms with Crippen molar-refractivity contribution < 1.29 is 13.0 Å². The molecule has 0 bridgehead atoms. The summed E-state index contributed by atoms with van der Waals surface area (Å²) in [4.78, 5) is -0.0851. The molecule has 0 saturated heterocycles. The minimum Gasteiger partial charge on any atom is -0.744 e. The van der Waals surface area contributed by atoms with Crippen LogP contribution in [-0.2, 0) is 21.2 Å². The minimum absolute atomic E-state index is 0.0851. The summed E-state index contributed by atoms with van der Waals surface area (Å²) in [6.45, 7) is 13.8. The molecule has 0 aliphatic rings. The second kappa shape index (κ2) is 8.17. The van der Waals surface area contributed by atoms with Crippen molar-refractivity contribution in [3.63, 3.8) is 0 Å². The van der Waals surface area contributed by atoms with Crippen LogP contribution in [-0.4, -0.2) is 23.5 Å². The Balaban J connectivity index is 0.000000433. The van der Waals surface area contributed by atoms with Gasteiger partial charge in [0.1, 0.15) is 20.6 Å². The van der Waals surface area contributed by atoms with E-state index in [2.05, 4.69) is 27.7 Å². The molecule has 2 N–H and O–H groups in total. The molecule has 0 saturated carbocycles. The standard InChI is InChI=1S/C9H12O3S.C6H16NS/c1-6-4-7(2)9(8(3)5-6)13(10,11)12;1-5(2)8(7)6(3)4/h4-5H,1-3H3,(H,10,11,12);5-6H,7H2,1-4H3/q;+1/p-1. The van der Waals surface area contributed by atoms with E-state index < -0.39 is 10.1 Å². The number of hydrogen-bond acceptors (Lipinski definition) is 4. The summed E-state index contributed by atoms with van der Waals surface area (Å²) in [6.07, 6.45) is 0. The molecule has 1 aromatic carbocycles. The topological polar surface area (TPSA) is 83.2 Å². The Morgan fingerprint density at radius 2 is 1.33 bits per heavy atom. The van der Waals surface area contributed by atoms with E-state index in [1.165, 1.54) is 0 Å². The summed E-state index contributed by atoms with van der Waals surface area (Å²) in [5, 5.41) is 7.08. The van der Waals surface area contributed by atoms with Crippen LogP contribution in [0.15, 0.2) is 17.0 Å². The predicted octanol–water partition coefficient (Wildman–Crippen LogP) is 2.81. The van der Waals surface area contributed by atoms with Crippen molar-refractivity contribution in [3.8, 4) is 0 Å². The number of benzene rings is 1. The zero-order chi connectivity index (χ0) is 17.0. The van der Waals surface area contributed by atoms with Crippen LogP contribution in [0.4, 0.5) is 0 Å². The second-order valence-corrected chi connectivity index (χ2v) is 9.71. The highest BCUT2D eigenvalue weighted by molar-refractivity contribution is 7.95. The molecule has 1 aromatic rings. The van der Waals surface area contributed by atoms with Gasteiger partial charge in [0.25, 0.3) is 0 Å². The molecule has 0 aliphatic carbocycles. The molecule has 122 valence electrons. The van der Waals surface area contributed by atoms with Crippen LogP contribution in [0.2, 0.25) is 0 Å². The quantitative estimate of drug-likeness (QED) is 0.681. The van der Waals surface area contributed by atoms with E-state index >= 15 is 0 Å². The molecule has 0 fully saturated rings. The fraction of sp³-hybridized carbons (Fsp3) is 0.600. The maximum atomic E-state index is 10.8. The van der Waals surface area contributed by atoms with E-state index in [0.29, 0.717) is 21.6 Å². The van der Waals surface area contributed by atoms with E-state index in [-0.39, 0.29) is 16.0 Å². The zero-order valence-corrected chi connectivity index (χ0v) is 15.6. The number of nitrogens with two attached hydrogens (primary N) is 1. The lowest BCUT2D eigenvalue weighted by molar-refractivity contribution is 0.462. The maximum Gasteiger partial charge on any atom is 0.132 e. The molecular formula is C15H27NO3S2. The minimum atomic E-state index is -4.33. The smallest absolute Gasteiger partial charge is 0.132 e. The highest BCUT2D eigenvalue weighted by Gasteiger charge is 2.21. The molecule has 4 nitrogen and oxygen atoms in total. The Kier molecular flexibility index (Phi) is 7.95. The van der Waals surface area contributed by atoms with Crippen LogP contribution in [0.5, 0.6) is 0 Å². The van der Waals surface area contributed by atoms with Gasteiger partial charge in [-0.25, -0.2) is 8.42 Å². The number of hydrogen-bond donors (Lipinski definition) is 1. The van der Waals surface area contributed by atoms with Gasteiger partial charge in [-0.3, -0.25) is 0 Å². The third-order valence-electron chi connectivity index (χ3n) is 2.94. The fourth-order valence-electron chi connectivity index (χ4n) is 2.11. The monoisotopic (exact) mass is 333 g/mol. The van der Waals surface area contributed by atoms with Gasteiger partial charge in [0.2, 0.25) is 0 Å². The van der Waals surface area contributed by atoms with Gasteiger partial charge < -0.3 is 4.55 Å². The van der Waals surface area contributed by atoms with Crippen molar-refractivity contribution in [1.29, 1.82) is 0 Å². The Morgan fingerprint density at radius 1 is 1.00 bits per heavy atom. The van der Waals surface area contributed by atoms with Crippen molar-refractivity contribution in [2.24, 2.45) is 5.14 Å². The van der Waals surface area contributed by atoms with Crippen molar-refractivity contribution >= 4 is 21.2 Å². The van der Waals surface area contributed by atoms with E-state index in [1.807, 2.05) is 6.92 Å². The lowest BCUT2D eigenvalue weighted by Crippen LogP contribution is -2.31. The number of rotatable bonds is 3. The maximum absolute atomic E-state index is 10.8. The summed E-state index contributed by atoms with van der Waals surface area (Å²) in [7, 11) is -4.33. The first-order chi connectivity index (χ1) is 9.37. The average molecular weight is 334 g/mol. The lowest BCUT2D eigenvalue weighted by Gasteiger charge is -2.14. The normalized spacial score (nSPS) is 11.8. The Bertz CT molecular complexity index is 535. The molecule has 6 heteroatoms. The van der Waals surface area contributed by atoms with Crippen LogP contribution in [0.3, 0.4) is 0 Å². The van der Waals surface area contributed by atoms with Gasteiger partial charge in [0, 0.05) is 0 Å². The zero-order valence-electron chi connectivity index (χ0n) is 13.9. The summed E-state index contributed by atoms with van der Waals surface area (Å²) in [5.41, 5.74) is 2.00. The molecule has 0 heterocycles. The van der Waals surface area contributed by atoms with Crippen molar-refractivity contribution in [3.05, 3.63) is 28.8 Å². The average Bonchev–Trinajstić information content (AvgIpc) is 2.24. The SMILES string of the molecule is CC(C)[S+](N)C(C)C.Cc1cc(C)c(S(=O)(=O)[O-])c(C)c1.